The molecule has 386 valence electrons. The molecule has 0 amide bonds. The van der Waals surface area contributed by atoms with Crippen LogP contribution in [0.5, 0.6) is 0 Å². The number of hydrogen-bond acceptors (Lipinski definition) is 6. The SMILES string of the molecule is CC/C=C\C/C=C\C/C=C\C/C=C\CCCCCCCCC(=O)OCC(COC(=O)CCCCCCC/C=C\C/C=C\CCC)OC(=O)CCCCCCCCCCCCCCCCCCC. The van der Waals surface area contributed by atoms with Crippen LogP contribution in [0.25, 0.3) is 0 Å². The van der Waals surface area contributed by atoms with Crippen LogP contribution in [0.1, 0.15) is 278 Å². The maximum Gasteiger partial charge on any atom is 0.306 e. The molecule has 0 saturated carbocycles. The number of allylic oxidation sites excluding steroid dienone is 12. The quantitative estimate of drug-likeness (QED) is 0.0262. The first-order valence-corrected chi connectivity index (χ1v) is 28.4. The number of ether oxygens (including phenoxy) is 3. The molecule has 67 heavy (non-hydrogen) atoms. The van der Waals surface area contributed by atoms with Gasteiger partial charge in [-0.05, 0) is 83.5 Å². The maximum absolute atomic E-state index is 12.9. The molecule has 6 nitrogen and oxygen atoms in total. The van der Waals surface area contributed by atoms with Gasteiger partial charge in [-0.25, -0.2) is 0 Å². The molecule has 0 radical (unpaired) electrons. The van der Waals surface area contributed by atoms with Crippen LogP contribution >= 0.6 is 0 Å². The summed E-state index contributed by atoms with van der Waals surface area (Å²) in [6.45, 7) is 6.46. The number of carbonyl (C=O) groups excluding carboxylic acids is 3. The predicted molar refractivity (Wildman–Crippen MR) is 288 cm³/mol. The minimum Gasteiger partial charge on any atom is -0.462 e. The molecule has 0 aliphatic rings. The van der Waals surface area contributed by atoms with Gasteiger partial charge in [0.05, 0.1) is 0 Å². The summed E-state index contributed by atoms with van der Waals surface area (Å²) >= 11 is 0. The molecule has 0 aliphatic heterocycles. The Labute approximate surface area is 414 Å². The number of unbranched alkanes of at least 4 members (excludes halogenated alkanes) is 28. The van der Waals surface area contributed by atoms with Gasteiger partial charge in [-0.15, -0.1) is 0 Å². The fourth-order valence-electron chi connectivity index (χ4n) is 7.94. The van der Waals surface area contributed by atoms with Gasteiger partial charge in [-0.3, -0.25) is 14.4 Å². The van der Waals surface area contributed by atoms with E-state index in [2.05, 4.69) is 93.7 Å². The topological polar surface area (TPSA) is 78.9 Å². The van der Waals surface area contributed by atoms with E-state index in [0.717, 1.165) is 116 Å². The average molecular weight is 936 g/mol. The van der Waals surface area contributed by atoms with Gasteiger partial charge in [0.15, 0.2) is 6.10 Å². The molecule has 0 aromatic heterocycles. The van der Waals surface area contributed by atoms with Crippen molar-refractivity contribution in [3.8, 4) is 0 Å². The Bertz CT molecular complexity index is 1260. The third kappa shape index (κ3) is 53.7. The van der Waals surface area contributed by atoms with E-state index < -0.39 is 6.10 Å². The van der Waals surface area contributed by atoms with Gasteiger partial charge in [0.25, 0.3) is 0 Å². The number of carbonyl (C=O) groups is 3. The van der Waals surface area contributed by atoms with Gasteiger partial charge in [0.2, 0.25) is 0 Å². The van der Waals surface area contributed by atoms with Crippen LogP contribution in [-0.4, -0.2) is 37.2 Å². The standard InChI is InChI=1S/C61H106O6/c1-4-7-10-13-16-19-22-25-27-29-30-32-33-36-39-42-45-48-51-54-60(63)66-57-58(56-65-59(62)53-50-47-44-41-38-35-24-21-18-15-12-9-6-3)67-61(64)55-52-49-46-43-40-37-34-31-28-26-23-20-17-14-11-8-5-2/h7,10,12,15-16,19,21,24-25,27,30,32,58H,4-6,8-9,11,13-14,17-18,20,22-23,26,28-29,31,33-57H2,1-3H3/b10-7-,15-12-,19-16-,24-21-,27-25-,32-30-. The zero-order valence-corrected chi connectivity index (χ0v) is 44.2. The predicted octanol–water partition coefficient (Wildman–Crippen LogP) is 19.0. The Morgan fingerprint density at radius 2 is 0.612 bits per heavy atom. The van der Waals surface area contributed by atoms with Crippen molar-refractivity contribution in [2.45, 2.75) is 284 Å². The van der Waals surface area contributed by atoms with E-state index in [1.807, 2.05) is 0 Å². The molecular formula is C61H106O6. The van der Waals surface area contributed by atoms with Crippen molar-refractivity contribution in [1.82, 2.24) is 0 Å². The van der Waals surface area contributed by atoms with Crippen molar-refractivity contribution in [3.63, 3.8) is 0 Å². The van der Waals surface area contributed by atoms with E-state index in [1.54, 1.807) is 0 Å². The highest BCUT2D eigenvalue weighted by molar-refractivity contribution is 5.71. The van der Waals surface area contributed by atoms with Crippen LogP contribution < -0.4 is 0 Å². The normalized spacial score (nSPS) is 12.6. The summed E-state index contributed by atoms with van der Waals surface area (Å²) < 4.78 is 16.8. The summed E-state index contributed by atoms with van der Waals surface area (Å²) in [5.41, 5.74) is 0. The van der Waals surface area contributed by atoms with Gasteiger partial charge < -0.3 is 14.2 Å². The highest BCUT2D eigenvalue weighted by atomic mass is 16.6. The van der Waals surface area contributed by atoms with Crippen LogP contribution in [0.4, 0.5) is 0 Å². The summed E-state index contributed by atoms with van der Waals surface area (Å²) in [6.07, 6.45) is 70.3. The zero-order valence-electron chi connectivity index (χ0n) is 44.2. The van der Waals surface area contributed by atoms with E-state index >= 15 is 0 Å². The van der Waals surface area contributed by atoms with Crippen LogP contribution in [0.15, 0.2) is 72.9 Å². The molecule has 0 bridgehead atoms. The summed E-state index contributed by atoms with van der Waals surface area (Å²) in [5.74, 6) is -0.903. The van der Waals surface area contributed by atoms with Crippen LogP contribution in [0, 0.1) is 0 Å². The van der Waals surface area contributed by atoms with E-state index in [4.69, 9.17) is 14.2 Å². The first kappa shape index (κ1) is 63.8. The smallest absolute Gasteiger partial charge is 0.306 e. The molecule has 0 aliphatic carbocycles. The minimum atomic E-state index is -0.786. The van der Waals surface area contributed by atoms with E-state index in [1.165, 1.54) is 122 Å². The second kappa shape index (κ2) is 55.4. The molecule has 0 spiro atoms. The van der Waals surface area contributed by atoms with Crippen LogP contribution in [-0.2, 0) is 28.6 Å². The minimum absolute atomic E-state index is 0.0855. The molecule has 0 N–H and O–H groups in total. The van der Waals surface area contributed by atoms with Gasteiger partial charge in [-0.2, -0.15) is 0 Å². The summed E-state index contributed by atoms with van der Waals surface area (Å²) in [7, 11) is 0. The number of esters is 3. The zero-order chi connectivity index (χ0) is 48.6. The lowest BCUT2D eigenvalue weighted by Crippen LogP contribution is -2.30. The maximum atomic E-state index is 12.9. The Balaban J connectivity index is 4.39. The van der Waals surface area contributed by atoms with Crippen molar-refractivity contribution in [2.75, 3.05) is 13.2 Å². The van der Waals surface area contributed by atoms with Gasteiger partial charge in [0.1, 0.15) is 13.2 Å². The van der Waals surface area contributed by atoms with Crippen molar-refractivity contribution >= 4 is 17.9 Å². The molecule has 6 heteroatoms. The van der Waals surface area contributed by atoms with Crippen molar-refractivity contribution in [3.05, 3.63) is 72.9 Å². The molecule has 0 rings (SSSR count). The second-order valence-electron chi connectivity index (χ2n) is 18.8. The van der Waals surface area contributed by atoms with Gasteiger partial charge >= 0.3 is 17.9 Å². The first-order chi connectivity index (χ1) is 33.0. The fourth-order valence-corrected chi connectivity index (χ4v) is 7.94. The third-order valence-corrected chi connectivity index (χ3v) is 12.2. The van der Waals surface area contributed by atoms with Gasteiger partial charge in [0, 0.05) is 19.3 Å². The molecule has 0 fully saturated rings. The Kier molecular flexibility index (Phi) is 52.8. The molecule has 0 heterocycles. The fraction of sp³-hybridized carbons (Fsp3) is 0.754. The Hall–Kier alpha value is -3.15. The molecule has 1 atom stereocenters. The number of rotatable bonds is 51. The second-order valence-corrected chi connectivity index (χ2v) is 18.8. The highest BCUT2D eigenvalue weighted by Crippen LogP contribution is 2.16. The molecule has 1 unspecified atom stereocenters. The third-order valence-electron chi connectivity index (χ3n) is 12.2. The molecular weight excluding hydrogens is 829 g/mol. The lowest BCUT2D eigenvalue weighted by atomic mass is 10.0. The summed E-state index contributed by atoms with van der Waals surface area (Å²) in [6, 6.07) is 0. The largest absolute Gasteiger partial charge is 0.462 e. The summed E-state index contributed by atoms with van der Waals surface area (Å²) in [4.78, 5) is 38.1. The first-order valence-electron chi connectivity index (χ1n) is 28.4. The van der Waals surface area contributed by atoms with E-state index in [0.29, 0.717) is 19.3 Å². The highest BCUT2D eigenvalue weighted by Gasteiger charge is 2.19. The Morgan fingerprint density at radius 3 is 0.970 bits per heavy atom. The lowest BCUT2D eigenvalue weighted by Gasteiger charge is -2.18. The van der Waals surface area contributed by atoms with Crippen molar-refractivity contribution in [2.24, 2.45) is 0 Å². The number of hydrogen-bond donors (Lipinski definition) is 0. The molecule has 0 aromatic rings. The van der Waals surface area contributed by atoms with E-state index in [9.17, 15) is 14.4 Å². The van der Waals surface area contributed by atoms with Crippen LogP contribution in [0.3, 0.4) is 0 Å². The van der Waals surface area contributed by atoms with Crippen molar-refractivity contribution < 1.29 is 28.6 Å². The lowest BCUT2D eigenvalue weighted by molar-refractivity contribution is -0.167. The Morgan fingerprint density at radius 1 is 0.313 bits per heavy atom. The van der Waals surface area contributed by atoms with Gasteiger partial charge in [-0.1, -0.05) is 248 Å². The van der Waals surface area contributed by atoms with E-state index in [-0.39, 0.29) is 31.1 Å². The molecule has 0 saturated heterocycles. The molecule has 0 aromatic carbocycles. The van der Waals surface area contributed by atoms with Crippen molar-refractivity contribution in [1.29, 1.82) is 0 Å². The average Bonchev–Trinajstić information content (AvgIpc) is 3.33. The summed E-state index contributed by atoms with van der Waals surface area (Å²) in [5, 5.41) is 0. The monoisotopic (exact) mass is 935 g/mol. The van der Waals surface area contributed by atoms with Crippen LogP contribution in [0.2, 0.25) is 0 Å².